The molecule has 1 unspecified atom stereocenters. The van der Waals surface area contributed by atoms with Gasteiger partial charge in [-0.1, -0.05) is 45.0 Å². The van der Waals surface area contributed by atoms with Crippen molar-refractivity contribution in [3.05, 3.63) is 35.4 Å². The SMILES string of the molecule is CC(C)(C)C(C)(O)c1ccccc1CN. The minimum atomic E-state index is -0.858. The van der Waals surface area contributed by atoms with Crippen molar-refractivity contribution in [3.8, 4) is 0 Å². The van der Waals surface area contributed by atoms with Gasteiger partial charge in [0.1, 0.15) is 0 Å². The summed E-state index contributed by atoms with van der Waals surface area (Å²) in [6.07, 6.45) is 0. The third-order valence-electron chi connectivity index (χ3n) is 3.22. The van der Waals surface area contributed by atoms with Crippen LogP contribution in [0.3, 0.4) is 0 Å². The van der Waals surface area contributed by atoms with E-state index in [0.717, 1.165) is 11.1 Å². The maximum Gasteiger partial charge on any atom is 0.0919 e. The summed E-state index contributed by atoms with van der Waals surface area (Å²) in [5.41, 5.74) is 6.55. The fourth-order valence-electron chi connectivity index (χ4n) is 1.58. The molecule has 2 nitrogen and oxygen atoms in total. The second kappa shape index (κ2) is 3.95. The molecule has 3 N–H and O–H groups in total. The first-order valence-electron chi connectivity index (χ1n) is 5.31. The Kier molecular flexibility index (Phi) is 3.22. The highest BCUT2D eigenvalue weighted by Crippen LogP contribution is 2.39. The van der Waals surface area contributed by atoms with Crippen LogP contribution in [0.5, 0.6) is 0 Å². The maximum atomic E-state index is 10.6. The molecule has 0 heterocycles. The van der Waals surface area contributed by atoms with Crippen LogP contribution in [-0.2, 0) is 12.1 Å². The molecule has 0 aromatic heterocycles. The molecule has 0 amide bonds. The van der Waals surface area contributed by atoms with E-state index >= 15 is 0 Å². The molecule has 0 spiro atoms. The van der Waals surface area contributed by atoms with Crippen LogP contribution < -0.4 is 5.73 Å². The monoisotopic (exact) mass is 207 g/mol. The van der Waals surface area contributed by atoms with Crippen molar-refractivity contribution in [2.75, 3.05) is 0 Å². The van der Waals surface area contributed by atoms with E-state index in [1.807, 2.05) is 52.0 Å². The van der Waals surface area contributed by atoms with Gasteiger partial charge in [0.05, 0.1) is 5.60 Å². The molecule has 1 rings (SSSR count). The minimum Gasteiger partial charge on any atom is -0.385 e. The van der Waals surface area contributed by atoms with Crippen LogP contribution in [0.25, 0.3) is 0 Å². The molecule has 84 valence electrons. The Morgan fingerprint density at radius 2 is 1.67 bits per heavy atom. The molecule has 0 radical (unpaired) electrons. The van der Waals surface area contributed by atoms with Gasteiger partial charge in [-0.2, -0.15) is 0 Å². The molecule has 1 aromatic rings. The predicted molar refractivity (Wildman–Crippen MR) is 63.4 cm³/mol. The van der Waals surface area contributed by atoms with Crippen LogP contribution in [-0.4, -0.2) is 5.11 Å². The molecule has 0 aliphatic carbocycles. The van der Waals surface area contributed by atoms with Crippen molar-refractivity contribution in [2.24, 2.45) is 11.1 Å². The molecule has 2 heteroatoms. The molecule has 0 aliphatic rings. The van der Waals surface area contributed by atoms with Gasteiger partial charge in [-0.15, -0.1) is 0 Å². The summed E-state index contributed by atoms with van der Waals surface area (Å²) in [4.78, 5) is 0. The zero-order valence-corrected chi connectivity index (χ0v) is 10.0. The van der Waals surface area contributed by atoms with E-state index in [0.29, 0.717) is 6.54 Å². The van der Waals surface area contributed by atoms with Gasteiger partial charge in [-0.05, 0) is 23.5 Å². The van der Waals surface area contributed by atoms with E-state index in [2.05, 4.69) is 0 Å². The summed E-state index contributed by atoms with van der Waals surface area (Å²) in [5.74, 6) is 0. The van der Waals surface area contributed by atoms with Gasteiger partial charge in [0.25, 0.3) is 0 Å². The predicted octanol–water partition coefficient (Wildman–Crippen LogP) is 2.40. The van der Waals surface area contributed by atoms with Crippen molar-refractivity contribution in [2.45, 2.75) is 39.8 Å². The number of rotatable bonds is 2. The topological polar surface area (TPSA) is 46.2 Å². The Balaban J connectivity index is 3.26. The van der Waals surface area contributed by atoms with Gasteiger partial charge in [0.15, 0.2) is 0 Å². The van der Waals surface area contributed by atoms with Crippen LogP contribution >= 0.6 is 0 Å². The zero-order valence-electron chi connectivity index (χ0n) is 10.0. The maximum absolute atomic E-state index is 10.6. The zero-order chi connectivity index (χ0) is 11.7. The molecular weight excluding hydrogens is 186 g/mol. The van der Waals surface area contributed by atoms with Crippen molar-refractivity contribution >= 4 is 0 Å². The highest BCUT2D eigenvalue weighted by Gasteiger charge is 2.37. The third kappa shape index (κ3) is 2.21. The first kappa shape index (κ1) is 12.2. The summed E-state index contributed by atoms with van der Waals surface area (Å²) in [6.45, 7) is 8.39. The van der Waals surface area contributed by atoms with E-state index < -0.39 is 5.60 Å². The smallest absolute Gasteiger partial charge is 0.0919 e. The first-order valence-corrected chi connectivity index (χ1v) is 5.31. The quantitative estimate of drug-likeness (QED) is 0.782. The van der Waals surface area contributed by atoms with Gasteiger partial charge in [0, 0.05) is 6.54 Å². The second-order valence-electron chi connectivity index (χ2n) is 5.18. The minimum absolute atomic E-state index is 0.210. The number of aliphatic hydroxyl groups is 1. The Morgan fingerprint density at radius 1 is 1.13 bits per heavy atom. The van der Waals surface area contributed by atoms with E-state index in [1.54, 1.807) is 0 Å². The van der Waals surface area contributed by atoms with Crippen LogP contribution in [0.1, 0.15) is 38.8 Å². The van der Waals surface area contributed by atoms with Crippen LogP contribution in [0.15, 0.2) is 24.3 Å². The van der Waals surface area contributed by atoms with E-state index in [9.17, 15) is 5.11 Å². The van der Waals surface area contributed by atoms with Crippen molar-refractivity contribution < 1.29 is 5.11 Å². The summed E-state index contributed by atoms with van der Waals surface area (Å²) in [5, 5.41) is 10.6. The molecule has 0 saturated heterocycles. The van der Waals surface area contributed by atoms with Gasteiger partial charge in [-0.3, -0.25) is 0 Å². The molecule has 15 heavy (non-hydrogen) atoms. The number of nitrogens with two attached hydrogens (primary N) is 1. The Bertz CT molecular complexity index is 337. The van der Waals surface area contributed by atoms with Crippen LogP contribution in [0.2, 0.25) is 0 Å². The lowest BCUT2D eigenvalue weighted by Gasteiger charge is -2.38. The largest absolute Gasteiger partial charge is 0.385 e. The Hall–Kier alpha value is -0.860. The fourth-order valence-corrected chi connectivity index (χ4v) is 1.58. The highest BCUT2D eigenvalue weighted by molar-refractivity contribution is 5.33. The summed E-state index contributed by atoms with van der Waals surface area (Å²) < 4.78 is 0. The highest BCUT2D eigenvalue weighted by atomic mass is 16.3. The molecule has 0 fully saturated rings. The third-order valence-corrected chi connectivity index (χ3v) is 3.22. The molecule has 0 aliphatic heterocycles. The van der Waals surface area contributed by atoms with Gasteiger partial charge in [0.2, 0.25) is 0 Å². The standard InChI is InChI=1S/C13H21NO/c1-12(2,3)13(4,15)11-8-6-5-7-10(11)9-14/h5-8,15H,9,14H2,1-4H3. The summed E-state index contributed by atoms with van der Waals surface area (Å²) in [7, 11) is 0. The lowest BCUT2D eigenvalue weighted by molar-refractivity contribution is -0.0476. The molecular formula is C13H21NO. The fraction of sp³-hybridized carbons (Fsp3) is 0.538. The Morgan fingerprint density at radius 3 is 2.13 bits per heavy atom. The van der Waals surface area contributed by atoms with Gasteiger partial charge < -0.3 is 10.8 Å². The number of benzene rings is 1. The van der Waals surface area contributed by atoms with Crippen molar-refractivity contribution in [3.63, 3.8) is 0 Å². The molecule has 0 saturated carbocycles. The summed E-state index contributed by atoms with van der Waals surface area (Å²) in [6, 6.07) is 7.81. The molecule has 0 bridgehead atoms. The average molecular weight is 207 g/mol. The van der Waals surface area contributed by atoms with Gasteiger partial charge >= 0.3 is 0 Å². The molecule has 1 aromatic carbocycles. The van der Waals surface area contributed by atoms with E-state index in [1.165, 1.54) is 0 Å². The van der Waals surface area contributed by atoms with Crippen molar-refractivity contribution in [1.82, 2.24) is 0 Å². The molecule has 1 atom stereocenters. The first-order chi connectivity index (χ1) is 6.80. The van der Waals surface area contributed by atoms with Crippen molar-refractivity contribution in [1.29, 1.82) is 0 Å². The number of hydrogen-bond donors (Lipinski definition) is 2. The number of hydrogen-bond acceptors (Lipinski definition) is 2. The summed E-state index contributed by atoms with van der Waals surface area (Å²) >= 11 is 0. The Labute approximate surface area is 92.1 Å². The lowest BCUT2D eigenvalue weighted by atomic mass is 9.72. The average Bonchev–Trinajstić information content (AvgIpc) is 2.16. The normalized spacial score (nSPS) is 16.1. The van der Waals surface area contributed by atoms with Gasteiger partial charge in [-0.25, -0.2) is 0 Å². The van der Waals surface area contributed by atoms with E-state index in [4.69, 9.17) is 5.73 Å². The lowest BCUT2D eigenvalue weighted by Crippen LogP contribution is -2.38. The van der Waals surface area contributed by atoms with E-state index in [-0.39, 0.29) is 5.41 Å². The van der Waals surface area contributed by atoms with Crippen LogP contribution in [0.4, 0.5) is 0 Å². The van der Waals surface area contributed by atoms with Crippen LogP contribution in [0, 0.1) is 5.41 Å². The second-order valence-corrected chi connectivity index (χ2v) is 5.18.